The van der Waals surface area contributed by atoms with Crippen LogP contribution in [0.3, 0.4) is 0 Å². The second-order valence-corrected chi connectivity index (χ2v) is 6.35. The van der Waals surface area contributed by atoms with Gasteiger partial charge in [0.15, 0.2) is 0 Å². The molecule has 0 bridgehead atoms. The van der Waals surface area contributed by atoms with Crippen LogP contribution in [0.4, 0.5) is 5.69 Å². The predicted molar refractivity (Wildman–Crippen MR) is 90.0 cm³/mol. The molecule has 1 N–H and O–H groups in total. The number of nitrogens with one attached hydrogen (secondary N) is 1. The van der Waals surface area contributed by atoms with E-state index in [-0.39, 0.29) is 6.04 Å². The van der Waals surface area contributed by atoms with Gasteiger partial charge in [0.05, 0.1) is 16.9 Å². The second kappa shape index (κ2) is 6.04. The van der Waals surface area contributed by atoms with E-state index in [2.05, 4.69) is 43.3 Å². The van der Waals surface area contributed by atoms with Gasteiger partial charge in [-0.15, -0.1) is 0 Å². The molecule has 5 nitrogen and oxygen atoms in total. The lowest BCUT2D eigenvalue weighted by Crippen LogP contribution is -2.19. The van der Waals surface area contributed by atoms with Crippen molar-refractivity contribution < 1.29 is 4.52 Å². The fraction of sp³-hybridized carbons (Fsp3) is 0.312. The molecule has 0 aliphatic heterocycles. The number of anilines is 1. The summed E-state index contributed by atoms with van der Waals surface area (Å²) in [5, 5.41) is 7.52. The minimum Gasteiger partial charge on any atom is -0.380 e. The Kier molecular flexibility index (Phi) is 4.11. The number of pyridine rings is 2. The number of aromatic nitrogens is 3. The monoisotopic (exact) mass is 360 g/mol. The minimum atomic E-state index is 0.229. The lowest BCUT2D eigenvalue weighted by molar-refractivity contribution is 0.392. The molecule has 0 aliphatic carbocycles. The summed E-state index contributed by atoms with van der Waals surface area (Å²) in [5.74, 6) is 0.882. The number of nitrogens with zero attached hydrogens (tertiary/aromatic N) is 3. The lowest BCUT2D eigenvalue weighted by atomic mass is 10.1. The highest BCUT2D eigenvalue weighted by atomic mass is 79.9. The summed E-state index contributed by atoms with van der Waals surface area (Å²) >= 11 is 3.42. The molecule has 0 fully saturated rings. The van der Waals surface area contributed by atoms with Crippen LogP contribution >= 0.6 is 15.9 Å². The molecule has 114 valence electrons. The van der Waals surface area contributed by atoms with Crippen molar-refractivity contribution in [3.05, 3.63) is 46.0 Å². The SMILES string of the molecule is Cc1noc(C)c1CC(C)Nc1ccnc2cc(Br)cnc12. The van der Waals surface area contributed by atoms with Gasteiger partial charge in [0.1, 0.15) is 11.3 Å². The molecule has 0 aromatic carbocycles. The maximum Gasteiger partial charge on any atom is 0.137 e. The Morgan fingerprint density at radius 3 is 2.86 bits per heavy atom. The molecule has 0 saturated carbocycles. The molecule has 0 amide bonds. The number of hydrogen-bond donors (Lipinski definition) is 1. The van der Waals surface area contributed by atoms with Crippen LogP contribution in [0.1, 0.15) is 23.9 Å². The third kappa shape index (κ3) is 2.97. The quantitative estimate of drug-likeness (QED) is 0.760. The average Bonchev–Trinajstić information content (AvgIpc) is 2.79. The van der Waals surface area contributed by atoms with E-state index in [1.165, 1.54) is 0 Å². The third-order valence-corrected chi connectivity index (χ3v) is 4.07. The number of rotatable bonds is 4. The van der Waals surface area contributed by atoms with Crippen molar-refractivity contribution in [1.29, 1.82) is 0 Å². The third-order valence-electron chi connectivity index (χ3n) is 3.64. The summed E-state index contributed by atoms with van der Waals surface area (Å²) < 4.78 is 6.15. The van der Waals surface area contributed by atoms with Gasteiger partial charge in [-0.05, 0) is 55.3 Å². The van der Waals surface area contributed by atoms with Crippen LogP contribution < -0.4 is 5.32 Å². The van der Waals surface area contributed by atoms with E-state index < -0.39 is 0 Å². The molecule has 0 aliphatic rings. The summed E-state index contributed by atoms with van der Waals surface area (Å²) in [7, 11) is 0. The first-order valence-electron chi connectivity index (χ1n) is 7.13. The zero-order valence-electron chi connectivity index (χ0n) is 12.7. The first-order chi connectivity index (χ1) is 10.5. The van der Waals surface area contributed by atoms with E-state index in [9.17, 15) is 0 Å². The van der Waals surface area contributed by atoms with Crippen molar-refractivity contribution in [2.45, 2.75) is 33.2 Å². The lowest BCUT2D eigenvalue weighted by Gasteiger charge is -2.16. The molecule has 3 aromatic heterocycles. The van der Waals surface area contributed by atoms with Crippen LogP contribution in [0, 0.1) is 13.8 Å². The maximum atomic E-state index is 5.22. The molecular weight excluding hydrogens is 344 g/mol. The van der Waals surface area contributed by atoms with E-state index in [4.69, 9.17) is 4.52 Å². The van der Waals surface area contributed by atoms with Gasteiger partial charge in [0, 0.05) is 28.5 Å². The summed E-state index contributed by atoms with van der Waals surface area (Å²) in [5.41, 5.74) is 4.83. The van der Waals surface area contributed by atoms with E-state index in [1.807, 2.05) is 26.0 Å². The molecule has 1 unspecified atom stereocenters. The Bertz CT molecular complexity index is 796. The van der Waals surface area contributed by atoms with Gasteiger partial charge in [0.2, 0.25) is 0 Å². The number of hydrogen-bond acceptors (Lipinski definition) is 5. The Morgan fingerprint density at radius 2 is 2.14 bits per heavy atom. The summed E-state index contributed by atoms with van der Waals surface area (Å²) in [6.45, 7) is 6.06. The van der Waals surface area contributed by atoms with Crippen molar-refractivity contribution in [2.75, 3.05) is 5.32 Å². The molecule has 0 spiro atoms. The minimum absolute atomic E-state index is 0.229. The average molecular weight is 361 g/mol. The molecule has 22 heavy (non-hydrogen) atoms. The fourth-order valence-corrected chi connectivity index (χ4v) is 2.86. The van der Waals surface area contributed by atoms with Crippen LogP contribution in [-0.2, 0) is 6.42 Å². The molecule has 3 aromatic rings. The topological polar surface area (TPSA) is 63.8 Å². The van der Waals surface area contributed by atoms with Gasteiger partial charge in [-0.1, -0.05) is 5.16 Å². The predicted octanol–water partition coefficient (Wildman–Crippen LogP) is 4.04. The first-order valence-corrected chi connectivity index (χ1v) is 7.92. The Balaban J connectivity index is 1.84. The summed E-state index contributed by atoms with van der Waals surface area (Å²) in [6, 6.07) is 4.15. The number of aryl methyl sites for hydroxylation is 2. The molecule has 3 heterocycles. The highest BCUT2D eigenvalue weighted by Crippen LogP contribution is 2.23. The molecular formula is C16H17BrN4O. The smallest absolute Gasteiger partial charge is 0.137 e. The van der Waals surface area contributed by atoms with Crippen molar-refractivity contribution in [1.82, 2.24) is 15.1 Å². The van der Waals surface area contributed by atoms with E-state index in [0.29, 0.717) is 0 Å². The van der Waals surface area contributed by atoms with Crippen LogP contribution in [-0.4, -0.2) is 21.2 Å². The first kappa shape index (κ1) is 15.0. The van der Waals surface area contributed by atoms with Crippen LogP contribution in [0.2, 0.25) is 0 Å². The summed E-state index contributed by atoms with van der Waals surface area (Å²) in [4.78, 5) is 8.82. The number of fused-ring (bicyclic) bond motifs is 1. The van der Waals surface area contributed by atoms with Crippen molar-refractivity contribution in [2.24, 2.45) is 0 Å². The normalized spacial score (nSPS) is 12.5. The van der Waals surface area contributed by atoms with Crippen molar-refractivity contribution in [3.63, 3.8) is 0 Å². The number of halogens is 1. The maximum absolute atomic E-state index is 5.22. The molecule has 3 rings (SSSR count). The van der Waals surface area contributed by atoms with Crippen molar-refractivity contribution in [3.8, 4) is 0 Å². The zero-order valence-corrected chi connectivity index (χ0v) is 14.3. The molecule has 1 atom stereocenters. The Morgan fingerprint density at radius 1 is 1.32 bits per heavy atom. The largest absolute Gasteiger partial charge is 0.380 e. The Hall–Kier alpha value is -1.95. The van der Waals surface area contributed by atoms with Gasteiger partial charge in [-0.25, -0.2) is 0 Å². The zero-order chi connectivity index (χ0) is 15.7. The Labute approximate surface area is 137 Å². The second-order valence-electron chi connectivity index (χ2n) is 5.43. The van der Waals surface area contributed by atoms with Crippen LogP contribution in [0.15, 0.2) is 33.5 Å². The summed E-state index contributed by atoms with van der Waals surface area (Å²) in [6.07, 6.45) is 4.43. The van der Waals surface area contributed by atoms with Gasteiger partial charge in [-0.3, -0.25) is 9.97 Å². The van der Waals surface area contributed by atoms with Crippen molar-refractivity contribution >= 4 is 32.7 Å². The molecule has 0 saturated heterocycles. The van der Waals surface area contributed by atoms with Gasteiger partial charge >= 0.3 is 0 Å². The highest BCUT2D eigenvalue weighted by Gasteiger charge is 2.14. The fourth-order valence-electron chi connectivity index (χ4n) is 2.54. The van der Waals surface area contributed by atoms with E-state index in [1.54, 1.807) is 12.4 Å². The van der Waals surface area contributed by atoms with Crippen LogP contribution in [0.25, 0.3) is 11.0 Å². The van der Waals surface area contributed by atoms with Crippen LogP contribution in [0.5, 0.6) is 0 Å². The van der Waals surface area contributed by atoms with Gasteiger partial charge in [0.25, 0.3) is 0 Å². The highest BCUT2D eigenvalue weighted by molar-refractivity contribution is 9.10. The molecule has 0 radical (unpaired) electrons. The van der Waals surface area contributed by atoms with E-state index >= 15 is 0 Å². The van der Waals surface area contributed by atoms with E-state index in [0.717, 1.165) is 44.6 Å². The van der Waals surface area contributed by atoms with Gasteiger partial charge in [-0.2, -0.15) is 0 Å². The standard InChI is InChI=1S/C16H17BrN4O/c1-9(6-13-10(2)21-22-11(13)3)20-14-4-5-18-15-7-12(17)8-19-16(14)15/h4-5,7-9H,6H2,1-3H3,(H,18,20). The molecule has 6 heteroatoms. The van der Waals surface area contributed by atoms with Gasteiger partial charge < -0.3 is 9.84 Å².